The van der Waals surface area contributed by atoms with Gasteiger partial charge in [0.05, 0.1) is 5.75 Å². The normalized spacial score (nSPS) is 14.6. The van der Waals surface area contributed by atoms with E-state index < -0.39 is 10.0 Å². The topological polar surface area (TPSA) is 46.2 Å². The third-order valence-corrected chi connectivity index (χ3v) is 3.87. The molecule has 0 saturated carbocycles. The fourth-order valence-electron chi connectivity index (χ4n) is 1.22. The highest BCUT2D eigenvalue weighted by Gasteiger charge is 2.17. The van der Waals surface area contributed by atoms with Gasteiger partial charge in [0, 0.05) is 11.9 Å². The van der Waals surface area contributed by atoms with E-state index in [1.165, 1.54) is 0 Å². The van der Waals surface area contributed by atoms with Crippen LogP contribution >= 0.6 is 11.6 Å². The van der Waals surface area contributed by atoms with Gasteiger partial charge in [-0.2, -0.15) is 0 Å². The first-order valence-corrected chi connectivity index (χ1v) is 7.16. The van der Waals surface area contributed by atoms with Gasteiger partial charge in [0.2, 0.25) is 10.0 Å². The van der Waals surface area contributed by atoms with Gasteiger partial charge in [-0.25, -0.2) is 13.1 Å². The Morgan fingerprint density at radius 2 is 1.93 bits per heavy atom. The van der Waals surface area contributed by atoms with E-state index >= 15 is 0 Å². The smallest absolute Gasteiger partial charge is 0.212 e. The Hall–Kier alpha value is 0.200. The number of alkyl halides is 1. The zero-order valence-electron chi connectivity index (χ0n) is 9.09. The second-order valence-electron chi connectivity index (χ2n) is 3.88. The highest BCUT2D eigenvalue weighted by Crippen LogP contribution is 2.04. The third-order valence-electron chi connectivity index (χ3n) is 1.85. The highest BCUT2D eigenvalue weighted by molar-refractivity contribution is 7.89. The van der Waals surface area contributed by atoms with Crippen LogP contribution in [0.15, 0.2) is 0 Å². The van der Waals surface area contributed by atoms with E-state index in [2.05, 4.69) is 4.72 Å². The van der Waals surface area contributed by atoms with Gasteiger partial charge >= 0.3 is 0 Å². The molecule has 0 aliphatic heterocycles. The van der Waals surface area contributed by atoms with E-state index in [0.29, 0.717) is 12.3 Å². The van der Waals surface area contributed by atoms with Gasteiger partial charge in [-0.3, -0.25) is 0 Å². The Labute approximate surface area is 92.3 Å². The van der Waals surface area contributed by atoms with Crippen LogP contribution in [0, 0.1) is 5.92 Å². The Balaban J connectivity index is 4.18. The number of hydrogen-bond acceptors (Lipinski definition) is 2. The van der Waals surface area contributed by atoms with Crippen molar-refractivity contribution in [2.24, 2.45) is 5.92 Å². The number of halogens is 1. The molecular formula is C9H20ClNO2S. The molecule has 3 nitrogen and oxygen atoms in total. The Bertz CT molecular complexity index is 239. The van der Waals surface area contributed by atoms with Crippen molar-refractivity contribution in [3.63, 3.8) is 0 Å². The largest absolute Gasteiger partial charge is 0.212 e. The van der Waals surface area contributed by atoms with Gasteiger partial charge in [-0.05, 0) is 18.8 Å². The van der Waals surface area contributed by atoms with Gasteiger partial charge in [0.1, 0.15) is 0 Å². The summed E-state index contributed by atoms with van der Waals surface area (Å²) in [5.41, 5.74) is 0. The molecule has 0 aromatic rings. The molecule has 5 heteroatoms. The summed E-state index contributed by atoms with van der Waals surface area (Å²) in [6.45, 7) is 5.73. The molecule has 1 N–H and O–H groups in total. The number of sulfonamides is 1. The molecule has 0 aliphatic carbocycles. The van der Waals surface area contributed by atoms with Gasteiger partial charge in [0.15, 0.2) is 0 Å². The third kappa shape index (κ3) is 6.62. The number of rotatable bonds is 7. The molecule has 0 aliphatic rings. The molecule has 14 heavy (non-hydrogen) atoms. The average molecular weight is 242 g/mol. The standard InChI is InChI=1S/C9H20ClNO2S/c1-4-9(5-6-10)11-14(12,13)7-8(2)3/h8-9,11H,4-7H2,1-3H3. The van der Waals surface area contributed by atoms with Crippen molar-refractivity contribution in [3.05, 3.63) is 0 Å². The molecule has 0 aromatic heterocycles. The van der Waals surface area contributed by atoms with Crippen LogP contribution in [0.25, 0.3) is 0 Å². The lowest BCUT2D eigenvalue weighted by molar-refractivity contribution is 0.524. The van der Waals surface area contributed by atoms with Crippen molar-refractivity contribution in [3.8, 4) is 0 Å². The van der Waals surface area contributed by atoms with Crippen LogP contribution in [-0.4, -0.2) is 26.1 Å². The maximum Gasteiger partial charge on any atom is 0.212 e. The van der Waals surface area contributed by atoms with Crippen LogP contribution < -0.4 is 4.72 Å². The maximum absolute atomic E-state index is 11.5. The Morgan fingerprint density at radius 1 is 1.36 bits per heavy atom. The molecule has 0 saturated heterocycles. The summed E-state index contributed by atoms with van der Waals surface area (Å²) in [5.74, 6) is 0.829. The predicted molar refractivity (Wildman–Crippen MR) is 61.2 cm³/mol. The van der Waals surface area contributed by atoms with Crippen molar-refractivity contribution >= 4 is 21.6 Å². The lowest BCUT2D eigenvalue weighted by Crippen LogP contribution is -2.37. The fourth-order valence-corrected chi connectivity index (χ4v) is 3.25. The zero-order chi connectivity index (χ0) is 11.2. The molecule has 86 valence electrons. The molecule has 0 bridgehead atoms. The zero-order valence-corrected chi connectivity index (χ0v) is 10.7. The molecule has 1 unspecified atom stereocenters. The van der Waals surface area contributed by atoms with Crippen LogP contribution in [0.1, 0.15) is 33.6 Å². The second kappa shape index (κ2) is 6.64. The summed E-state index contributed by atoms with van der Waals surface area (Å²) < 4.78 is 25.7. The van der Waals surface area contributed by atoms with Gasteiger partial charge in [-0.15, -0.1) is 11.6 Å². The lowest BCUT2D eigenvalue weighted by Gasteiger charge is -2.16. The van der Waals surface area contributed by atoms with Crippen LogP contribution in [0.5, 0.6) is 0 Å². The first-order chi connectivity index (χ1) is 6.41. The van der Waals surface area contributed by atoms with Crippen LogP contribution in [0.2, 0.25) is 0 Å². The summed E-state index contributed by atoms with van der Waals surface area (Å²) >= 11 is 5.57. The Morgan fingerprint density at radius 3 is 2.29 bits per heavy atom. The van der Waals surface area contributed by atoms with E-state index in [1.807, 2.05) is 20.8 Å². The van der Waals surface area contributed by atoms with Crippen LogP contribution in [0.4, 0.5) is 0 Å². The molecule has 0 amide bonds. The summed E-state index contributed by atoms with van der Waals surface area (Å²) in [6.07, 6.45) is 1.47. The van der Waals surface area contributed by atoms with Crippen molar-refractivity contribution in [1.82, 2.24) is 4.72 Å². The highest BCUT2D eigenvalue weighted by atomic mass is 35.5. The summed E-state index contributed by atoms with van der Waals surface area (Å²) in [6, 6.07) is -0.0174. The Kier molecular flexibility index (Phi) is 6.74. The second-order valence-corrected chi connectivity index (χ2v) is 6.05. The van der Waals surface area contributed by atoms with Gasteiger partial charge in [0.25, 0.3) is 0 Å². The quantitative estimate of drug-likeness (QED) is 0.693. The molecule has 0 radical (unpaired) electrons. The molecule has 0 aromatic carbocycles. The minimum atomic E-state index is -3.12. The van der Waals surface area contributed by atoms with E-state index in [0.717, 1.165) is 6.42 Å². The molecule has 0 rings (SSSR count). The first-order valence-electron chi connectivity index (χ1n) is 4.97. The van der Waals surface area contributed by atoms with Gasteiger partial charge in [-0.1, -0.05) is 20.8 Å². The van der Waals surface area contributed by atoms with Crippen LogP contribution in [-0.2, 0) is 10.0 Å². The van der Waals surface area contributed by atoms with E-state index in [-0.39, 0.29) is 17.7 Å². The minimum Gasteiger partial charge on any atom is -0.212 e. The maximum atomic E-state index is 11.5. The monoisotopic (exact) mass is 241 g/mol. The van der Waals surface area contributed by atoms with E-state index in [9.17, 15) is 8.42 Å². The van der Waals surface area contributed by atoms with Crippen molar-refractivity contribution in [2.45, 2.75) is 39.7 Å². The molecule has 1 atom stereocenters. The van der Waals surface area contributed by atoms with E-state index in [4.69, 9.17) is 11.6 Å². The van der Waals surface area contributed by atoms with E-state index in [1.54, 1.807) is 0 Å². The van der Waals surface area contributed by atoms with Crippen molar-refractivity contribution in [2.75, 3.05) is 11.6 Å². The molecule has 0 fully saturated rings. The summed E-state index contributed by atoms with van der Waals surface area (Å²) in [4.78, 5) is 0. The van der Waals surface area contributed by atoms with Crippen molar-refractivity contribution in [1.29, 1.82) is 0 Å². The molecular weight excluding hydrogens is 222 g/mol. The number of hydrogen-bond donors (Lipinski definition) is 1. The van der Waals surface area contributed by atoms with Crippen LogP contribution in [0.3, 0.4) is 0 Å². The predicted octanol–water partition coefficient (Wildman–Crippen LogP) is 1.97. The summed E-state index contributed by atoms with van der Waals surface area (Å²) in [7, 11) is -3.12. The van der Waals surface area contributed by atoms with Crippen molar-refractivity contribution < 1.29 is 8.42 Å². The first kappa shape index (κ1) is 14.2. The average Bonchev–Trinajstić information content (AvgIpc) is 2.00. The molecule has 0 heterocycles. The summed E-state index contributed by atoms with van der Waals surface area (Å²) in [5, 5.41) is 0. The molecule has 0 spiro atoms. The SMILES string of the molecule is CCC(CCCl)NS(=O)(=O)CC(C)C. The lowest BCUT2D eigenvalue weighted by atomic mass is 10.2. The number of nitrogens with one attached hydrogen (secondary N) is 1. The fraction of sp³-hybridized carbons (Fsp3) is 1.00. The van der Waals surface area contributed by atoms with Gasteiger partial charge < -0.3 is 0 Å². The minimum absolute atomic E-state index is 0.0174.